The average Bonchev–Trinajstić information content (AvgIpc) is 3.24. The summed E-state index contributed by atoms with van der Waals surface area (Å²) in [5, 5.41) is 22.8. The third-order valence-electron chi connectivity index (χ3n) is 4.25. The summed E-state index contributed by atoms with van der Waals surface area (Å²) >= 11 is 1.25. The fourth-order valence-electron chi connectivity index (χ4n) is 2.79. The fraction of sp³-hybridized carbons (Fsp3) is 0.0455. The van der Waals surface area contributed by atoms with Crippen molar-refractivity contribution >= 4 is 23.9 Å². The van der Waals surface area contributed by atoms with Gasteiger partial charge in [-0.2, -0.15) is 5.10 Å². The van der Waals surface area contributed by atoms with Gasteiger partial charge in [-0.05, 0) is 36.4 Å². The van der Waals surface area contributed by atoms with Crippen LogP contribution in [0.1, 0.15) is 5.56 Å². The maximum absolute atomic E-state index is 12.2. The lowest BCUT2D eigenvalue weighted by Gasteiger charge is -2.10. The first-order valence-electron chi connectivity index (χ1n) is 9.36. The van der Waals surface area contributed by atoms with Crippen LogP contribution in [-0.4, -0.2) is 42.7 Å². The van der Waals surface area contributed by atoms with E-state index in [0.29, 0.717) is 16.5 Å². The molecule has 9 heteroatoms. The van der Waals surface area contributed by atoms with E-state index in [1.165, 1.54) is 18.0 Å². The van der Waals surface area contributed by atoms with Gasteiger partial charge in [-0.25, -0.2) is 5.43 Å². The van der Waals surface area contributed by atoms with Crippen molar-refractivity contribution in [2.45, 2.75) is 5.16 Å². The molecule has 0 radical (unpaired) electrons. The first-order valence-corrected chi connectivity index (χ1v) is 10.3. The number of amides is 1. The molecule has 31 heavy (non-hydrogen) atoms. The summed E-state index contributed by atoms with van der Waals surface area (Å²) in [6.45, 7) is 0. The van der Waals surface area contributed by atoms with E-state index in [9.17, 15) is 9.90 Å². The number of hydrazone groups is 1. The van der Waals surface area contributed by atoms with Crippen molar-refractivity contribution in [3.8, 4) is 22.8 Å². The quantitative estimate of drug-likeness (QED) is 0.265. The molecule has 2 aromatic carbocycles. The van der Waals surface area contributed by atoms with Crippen molar-refractivity contribution in [1.82, 2.24) is 25.2 Å². The predicted octanol–water partition coefficient (Wildman–Crippen LogP) is 3.28. The van der Waals surface area contributed by atoms with Crippen LogP contribution >= 0.6 is 11.8 Å². The minimum absolute atomic E-state index is 0.0921. The maximum Gasteiger partial charge on any atom is 0.250 e. The molecule has 2 aromatic heterocycles. The molecule has 0 spiro atoms. The normalized spacial score (nSPS) is 11.0. The zero-order valence-electron chi connectivity index (χ0n) is 16.3. The summed E-state index contributed by atoms with van der Waals surface area (Å²) in [5.41, 5.74) is 4.73. The minimum Gasteiger partial charge on any atom is -0.507 e. The molecule has 4 rings (SSSR count). The number of aromatic nitrogens is 4. The Morgan fingerprint density at radius 3 is 2.55 bits per heavy atom. The molecular weight excluding hydrogens is 412 g/mol. The van der Waals surface area contributed by atoms with Crippen molar-refractivity contribution in [1.29, 1.82) is 0 Å². The van der Waals surface area contributed by atoms with Gasteiger partial charge in [-0.1, -0.05) is 42.1 Å². The number of carbonyl (C=O) groups is 1. The van der Waals surface area contributed by atoms with E-state index in [0.717, 1.165) is 11.3 Å². The van der Waals surface area contributed by atoms with E-state index in [2.05, 4.69) is 25.7 Å². The number of hydrogen-bond donors (Lipinski definition) is 2. The predicted molar refractivity (Wildman–Crippen MR) is 119 cm³/mol. The standard InChI is InChI=1S/C22H18N6O2S/c29-19-9-5-4-6-17(19)14-24-25-20(30)15-31-22-27-26-21(16-10-12-23-13-11-16)28(22)18-7-2-1-3-8-18/h1-14,29H,15H2,(H,25,30)/b24-14+. The molecule has 0 bridgehead atoms. The van der Waals surface area contributed by atoms with Crippen molar-refractivity contribution in [3.05, 3.63) is 84.7 Å². The molecule has 0 fully saturated rings. The molecule has 0 unspecified atom stereocenters. The van der Waals surface area contributed by atoms with Gasteiger partial charge in [0.2, 0.25) is 0 Å². The maximum atomic E-state index is 12.2. The van der Waals surface area contributed by atoms with E-state index < -0.39 is 0 Å². The largest absolute Gasteiger partial charge is 0.507 e. The second-order valence-electron chi connectivity index (χ2n) is 6.35. The van der Waals surface area contributed by atoms with Crippen LogP contribution in [0.2, 0.25) is 0 Å². The first-order chi connectivity index (χ1) is 15.2. The van der Waals surface area contributed by atoms with Crippen LogP contribution in [0.3, 0.4) is 0 Å². The van der Waals surface area contributed by atoms with Gasteiger partial charge in [-0.3, -0.25) is 14.3 Å². The van der Waals surface area contributed by atoms with E-state index in [-0.39, 0.29) is 17.4 Å². The molecule has 8 nitrogen and oxygen atoms in total. The van der Waals surface area contributed by atoms with Gasteiger partial charge in [0.15, 0.2) is 11.0 Å². The molecule has 1 amide bonds. The second kappa shape index (κ2) is 9.68. The Labute approximate surface area is 182 Å². The molecule has 2 N–H and O–H groups in total. The van der Waals surface area contributed by atoms with Crippen LogP contribution in [0.5, 0.6) is 5.75 Å². The summed E-state index contributed by atoms with van der Waals surface area (Å²) in [4.78, 5) is 16.3. The van der Waals surface area contributed by atoms with Gasteiger partial charge in [-0.15, -0.1) is 10.2 Å². The number of aromatic hydroxyl groups is 1. The number of phenolic OH excluding ortho intramolecular Hbond substituents is 1. The topological polar surface area (TPSA) is 105 Å². The van der Waals surface area contributed by atoms with E-state index in [1.807, 2.05) is 47.0 Å². The highest BCUT2D eigenvalue weighted by molar-refractivity contribution is 7.99. The molecule has 0 aliphatic rings. The molecule has 0 saturated carbocycles. The van der Waals surface area contributed by atoms with E-state index in [4.69, 9.17) is 0 Å². The van der Waals surface area contributed by atoms with Crippen molar-refractivity contribution < 1.29 is 9.90 Å². The Morgan fingerprint density at radius 1 is 1.03 bits per heavy atom. The molecule has 0 saturated heterocycles. The van der Waals surface area contributed by atoms with Crippen molar-refractivity contribution in [3.63, 3.8) is 0 Å². The van der Waals surface area contributed by atoms with Gasteiger partial charge in [0.1, 0.15) is 5.75 Å². The van der Waals surface area contributed by atoms with Crippen LogP contribution in [0.15, 0.2) is 89.4 Å². The van der Waals surface area contributed by atoms with Crippen molar-refractivity contribution in [2.75, 3.05) is 5.75 Å². The highest BCUT2D eigenvalue weighted by atomic mass is 32.2. The monoisotopic (exact) mass is 430 g/mol. The second-order valence-corrected chi connectivity index (χ2v) is 7.30. The molecular formula is C22H18N6O2S. The van der Waals surface area contributed by atoms with Gasteiger partial charge in [0.25, 0.3) is 5.91 Å². The van der Waals surface area contributed by atoms with Gasteiger partial charge in [0, 0.05) is 29.2 Å². The zero-order valence-corrected chi connectivity index (χ0v) is 17.1. The lowest BCUT2D eigenvalue weighted by Crippen LogP contribution is -2.20. The van der Waals surface area contributed by atoms with Crippen LogP contribution in [0, 0.1) is 0 Å². The van der Waals surface area contributed by atoms with Gasteiger partial charge < -0.3 is 5.11 Å². The number of rotatable bonds is 7. The number of carbonyl (C=O) groups excluding carboxylic acids is 1. The van der Waals surface area contributed by atoms with Crippen LogP contribution in [0.4, 0.5) is 0 Å². The zero-order chi connectivity index (χ0) is 21.5. The Kier molecular flexibility index (Phi) is 6.34. The van der Waals surface area contributed by atoms with Crippen LogP contribution in [0.25, 0.3) is 17.1 Å². The highest BCUT2D eigenvalue weighted by Crippen LogP contribution is 2.27. The molecule has 4 aromatic rings. The summed E-state index contributed by atoms with van der Waals surface area (Å²) in [7, 11) is 0. The number of thioether (sulfide) groups is 1. The summed E-state index contributed by atoms with van der Waals surface area (Å²) in [6, 6.07) is 20.2. The van der Waals surface area contributed by atoms with Gasteiger partial charge in [0.05, 0.1) is 12.0 Å². The Bertz CT molecular complexity index is 1200. The van der Waals surface area contributed by atoms with Gasteiger partial charge >= 0.3 is 0 Å². The number of hydrogen-bond acceptors (Lipinski definition) is 7. The van der Waals surface area contributed by atoms with E-state index in [1.54, 1.807) is 36.7 Å². The summed E-state index contributed by atoms with van der Waals surface area (Å²) < 4.78 is 1.90. The summed E-state index contributed by atoms with van der Waals surface area (Å²) in [5.74, 6) is 0.549. The Balaban J connectivity index is 1.49. The molecule has 0 aliphatic carbocycles. The number of para-hydroxylation sites is 2. The first kappa shape index (κ1) is 20.3. The van der Waals surface area contributed by atoms with E-state index >= 15 is 0 Å². The number of nitrogens with one attached hydrogen (secondary N) is 1. The van der Waals surface area contributed by atoms with Crippen molar-refractivity contribution in [2.24, 2.45) is 5.10 Å². The lowest BCUT2D eigenvalue weighted by atomic mass is 10.2. The smallest absolute Gasteiger partial charge is 0.250 e. The lowest BCUT2D eigenvalue weighted by molar-refractivity contribution is -0.118. The third-order valence-corrected chi connectivity index (χ3v) is 5.18. The average molecular weight is 430 g/mol. The number of benzene rings is 2. The minimum atomic E-state index is -0.301. The number of phenols is 1. The Hall–Kier alpha value is -3.98. The molecule has 0 atom stereocenters. The highest BCUT2D eigenvalue weighted by Gasteiger charge is 2.17. The molecule has 0 aliphatic heterocycles. The number of pyridine rings is 1. The number of nitrogens with zero attached hydrogens (tertiary/aromatic N) is 5. The SMILES string of the molecule is O=C(CSc1nnc(-c2ccncc2)n1-c1ccccc1)N/N=C/c1ccccc1O. The molecule has 154 valence electrons. The summed E-state index contributed by atoms with van der Waals surface area (Å²) in [6.07, 6.45) is 4.79. The van der Waals surface area contributed by atoms with Crippen LogP contribution in [-0.2, 0) is 4.79 Å². The molecule has 2 heterocycles. The third kappa shape index (κ3) is 4.96. The van der Waals surface area contributed by atoms with Crippen LogP contribution < -0.4 is 5.43 Å². The fourth-order valence-corrected chi connectivity index (χ4v) is 3.54. The Morgan fingerprint density at radius 2 is 1.77 bits per heavy atom.